The van der Waals surface area contributed by atoms with Crippen molar-refractivity contribution in [2.24, 2.45) is 5.92 Å². The number of likely N-dealkylation sites (N-methyl/N-ethyl adjacent to an activating group) is 1. The number of piperidine rings is 1. The quantitative estimate of drug-likeness (QED) is 0.581. The normalized spacial score (nSPS) is 16.0. The van der Waals surface area contributed by atoms with E-state index in [1.807, 2.05) is 32.0 Å². The van der Waals surface area contributed by atoms with Gasteiger partial charge in [0, 0.05) is 31.4 Å². The van der Waals surface area contributed by atoms with Crippen LogP contribution in [0.4, 0.5) is 5.69 Å². The fourth-order valence-electron chi connectivity index (χ4n) is 4.31. The molecular weight excluding hydrogens is 464 g/mol. The van der Waals surface area contributed by atoms with E-state index < -0.39 is 10.0 Å². The maximum atomic E-state index is 13.1. The Balaban J connectivity index is 1.60. The van der Waals surface area contributed by atoms with Crippen molar-refractivity contribution in [1.82, 2.24) is 14.5 Å². The summed E-state index contributed by atoms with van der Waals surface area (Å²) in [5.74, 6) is 0.0440. The number of carbonyl (C=O) groups excluding carboxylic acids is 2. The molecule has 8 nitrogen and oxygen atoms in total. The summed E-state index contributed by atoms with van der Waals surface area (Å²) in [6, 6.07) is 11.8. The summed E-state index contributed by atoms with van der Waals surface area (Å²) in [4.78, 5) is 28.5. The van der Waals surface area contributed by atoms with E-state index in [-0.39, 0.29) is 28.7 Å². The average Bonchev–Trinajstić information content (AvgIpc) is 2.80. The van der Waals surface area contributed by atoms with Crippen LogP contribution in [-0.4, -0.2) is 69.8 Å². The number of anilines is 1. The van der Waals surface area contributed by atoms with Crippen molar-refractivity contribution in [2.75, 3.05) is 39.0 Å². The lowest BCUT2D eigenvalue weighted by molar-refractivity contribution is -0.130. The van der Waals surface area contributed by atoms with Crippen molar-refractivity contribution in [3.63, 3.8) is 0 Å². The number of likely N-dealkylation sites (tertiary alicyclic amines) is 1. The number of nitrogens with one attached hydrogen (secondary N) is 2. The minimum absolute atomic E-state index is 0.0751. The second kappa shape index (κ2) is 11.3. The topological polar surface area (TPSA) is 98.8 Å². The number of rotatable bonds is 8. The number of sulfonamides is 1. The Labute approximate surface area is 208 Å². The van der Waals surface area contributed by atoms with Crippen LogP contribution in [0.1, 0.15) is 41.3 Å². The van der Waals surface area contributed by atoms with Crippen molar-refractivity contribution in [1.29, 1.82) is 0 Å². The maximum absolute atomic E-state index is 13.1. The van der Waals surface area contributed by atoms with Crippen molar-refractivity contribution in [2.45, 2.75) is 44.6 Å². The van der Waals surface area contributed by atoms with E-state index in [4.69, 9.17) is 0 Å². The first-order valence-electron chi connectivity index (χ1n) is 11.9. The third-order valence-corrected chi connectivity index (χ3v) is 8.24. The highest BCUT2D eigenvalue weighted by atomic mass is 32.2. The Hall–Kier alpha value is -2.75. The maximum Gasteiger partial charge on any atom is 0.255 e. The van der Waals surface area contributed by atoms with E-state index >= 15 is 0 Å². The zero-order valence-corrected chi connectivity index (χ0v) is 22.0. The molecule has 1 saturated heterocycles. The number of benzene rings is 2. The lowest BCUT2D eigenvalue weighted by Crippen LogP contribution is -2.46. The average molecular weight is 501 g/mol. The first-order chi connectivity index (χ1) is 16.5. The molecule has 0 radical (unpaired) electrons. The van der Waals surface area contributed by atoms with Gasteiger partial charge in [0.05, 0.1) is 11.4 Å². The molecule has 1 unspecified atom stereocenters. The molecule has 1 heterocycles. The zero-order chi connectivity index (χ0) is 25.8. The molecule has 1 atom stereocenters. The van der Waals surface area contributed by atoms with E-state index in [0.29, 0.717) is 23.4 Å². The molecule has 0 aliphatic carbocycles. The van der Waals surface area contributed by atoms with Gasteiger partial charge in [-0.05, 0) is 88.0 Å². The van der Waals surface area contributed by atoms with Crippen LogP contribution < -0.4 is 10.0 Å². The van der Waals surface area contributed by atoms with Gasteiger partial charge in [0.2, 0.25) is 15.9 Å². The smallest absolute Gasteiger partial charge is 0.255 e. The van der Waals surface area contributed by atoms with Gasteiger partial charge in [-0.3, -0.25) is 14.5 Å². The molecule has 2 N–H and O–H groups in total. The van der Waals surface area contributed by atoms with Crippen LogP contribution in [0.2, 0.25) is 0 Å². The van der Waals surface area contributed by atoms with Gasteiger partial charge in [-0.2, -0.15) is 0 Å². The van der Waals surface area contributed by atoms with Crippen molar-refractivity contribution in [3.8, 4) is 0 Å². The van der Waals surface area contributed by atoms with E-state index in [0.717, 1.165) is 31.5 Å². The van der Waals surface area contributed by atoms with Crippen LogP contribution >= 0.6 is 0 Å². The zero-order valence-electron chi connectivity index (χ0n) is 21.2. The summed E-state index contributed by atoms with van der Waals surface area (Å²) >= 11 is 0. The highest BCUT2D eigenvalue weighted by molar-refractivity contribution is 7.89. The molecule has 3 rings (SSSR count). The highest BCUT2D eigenvalue weighted by Gasteiger charge is 2.28. The minimum atomic E-state index is -3.72. The molecule has 0 aromatic heterocycles. The molecule has 2 aromatic rings. The third-order valence-electron chi connectivity index (χ3n) is 6.68. The monoisotopic (exact) mass is 500 g/mol. The second-order valence-corrected chi connectivity index (χ2v) is 11.3. The van der Waals surface area contributed by atoms with Crippen molar-refractivity contribution >= 4 is 27.5 Å². The predicted molar refractivity (Wildman–Crippen MR) is 138 cm³/mol. The van der Waals surface area contributed by atoms with Gasteiger partial charge in [-0.25, -0.2) is 13.1 Å². The molecular formula is C26H36N4O4S. The molecule has 35 heavy (non-hydrogen) atoms. The van der Waals surface area contributed by atoms with Crippen molar-refractivity contribution in [3.05, 3.63) is 59.2 Å². The molecule has 0 saturated carbocycles. The lowest BCUT2D eigenvalue weighted by atomic mass is 9.91. The van der Waals surface area contributed by atoms with E-state index in [2.05, 4.69) is 14.9 Å². The number of nitrogens with zero attached hydrogens (tertiary/aromatic N) is 2. The highest BCUT2D eigenvalue weighted by Crippen LogP contribution is 2.24. The fraction of sp³-hybridized carbons (Fsp3) is 0.462. The Morgan fingerprint density at radius 2 is 1.71 bits per heavy atom. The first-order valence-corrected chi connectivity index (χ1v) is 13.4. The predicted octanol–water partition coefficient (Wildman–Crippen LogP) is 3.02. The van der Waals surface area contributed by atoms with Crippen LogP contribution in [0.25, 0.3) is 0 Å². The molecule has 1 aliphatic rings. The summed E-state index contributed by atoms with van der Waals surface area (Å²) in [7, 11) is -0.220. The number of carbonyl (C=O) groups is 2. The largest absolute Gasteiger partial charge is 0.348 e. The Kier molecular flexibility index (Phi) is 8.69. The van der Waals surface area contributed by atoms with Crippen LogP contribution in [0.3, 0.4) is 0 Å². The standard InChI is InChI=1S/C26H36N4O4S/c1-18-8-6-7-9-23(18)26(32)27-24-11-10-22(16-19(24)2)35(33,34)28-20(3)21-12-14-30(15-13-21)17-25(31)29(4)5/h6-11,16,20-21,28H,12-15,17H2,1-5H3,(H,27,32). The summed E-state index contributed by atoms with van der Waals surface area (Å²) in [5.41, 5.74) is 2.69. The van der Waals surface area contributed by atoms with Gasteiger partial charge in [0.1, 0.15) is 0 Å². The number of hydrogen-bond acceptors (Lipinski definition) is 5. The minimum Gasteiger partial charge on any atom is -0.348 e. The van der Waals surface area contributed by atoms with Gasteiger partial charge in [-0.1, -0.05) is 18.2 Å². The van der Waals surface area contributed by atoms with E-state index in [1.54, 1.807) is 44.1 Å². The molecule has 0 bridgehead atoms. The molecule has 190 valence electrons. The Morgan fingerprint density at radius 1 is 1.06 bits per heavy atom. The summed E-state index contributed by atoms with van der Waals surface area (Å²) in [6.45, 7) is 7.48. The molecule has 9 heteroatoms. The van der Waals surface area contributed by atoms with Crippen LogP contribution in [0, 0.1) is 19.8 Å². The first kappa shape index (κ1) is 26.8. The van der Waals surface area contributed by atoms with Gasteiger partial charge >= 0.3 is 0 Å². The molecule has 1 aliphatic heterocycles. The Morgan fingerprint density at radius 3 is 2.31 bits per heavy atom. The molecule has 0 spiro atoms. The van der Waals surface area contributed by atoms with Gasteiger partial charge < -0.3 is 10.2 Å². The second-order valence-electron chi connectivity index (χ2n) is 9.56. The molecule has 1 fully saturated rings. The number of hydrogen-bond donors (Lipinski definition) is 2. The summed E-state index contributed by atoms with van der Waals surface area (Å²) < 4.78 is 29.0. The number of aryl methyl sites for hydroxylation is 2. The van der Waals surface area contributed by atoms with Crippen molar-refractivity contribution < 1.29 is 18.0 Å². The van der Waals surface area contributed by atoms with E-state index in [9.17, 15) is 18.0 Å². The van der Waals surface area contributed by atoms with Gasteiger partial charge in [-0.15, -0.1) is 0 Å². The number of amides is 2. The fourth-order valence-corrected chi connectivity index (χ4v) is 5.71. The van der Waals surface area contributed by atoms with Crippen LogP contribution in [0.15, 0.2) is 47.4 Å². The summed E-state index contributed by atoms with van der Waals surface area (Å²) in [5, 5.41) is 2.88. The van der Waals surface area contributed by atoms with Gasteiger partial charge in [0.15, 0.2) is 0 Å². The van der Waals surface area contributed by atoms with Gasteiger partial charge in [0.25, 0.3) is 5.91 Å². The molecule has 2 amide bonds. The molecule has 2 aromatic carbocycles. The van der Waals surface area contributed by atoms with Crippen LogP contribution in [-0.2, 0) is 14.8 Å². The van der Waals surface area contributed by atoms with Crippen LogP contribution in [0.5, 0.6) is 0 Å². The summed E-state index contributed by atoms with van der Waals surface area (Å²) in [6.07, 6.45) is 1.65. The third kappa shape index (κ3) is 6.90. The lowest BCUT2D eigenvalue weighted by Gasteiger charge is -2.35. The van der Waals surface area contributed by atoms with E-state index in [1.165, 1.54) is 6.07 Å². The SMILES string of the molecule is Cc1cc(S(=O)(=O)NC(C)C2CCN(CC(=O)N(C)C)CC2)ccc1NC(=O)c1ccccc1C. The Bertz CT molecular complexity index is 1170.